The van der Waals surface area contributed by atoms with E-state index < -0.39 is 0 Å². The third kappa shape index (κ3) is 4.08. The monoisotopic (exact) mass is 513 g/mol. The number of hydrogen-bond donors (Lipinski definition) is 2. The molecule has 5 heterocycles. The molecule has 0 radical (unpaired) electrons. The maximum Gasteiger partial charge on any atom is 0.331 e. The van der Waals surface area contributed by atoms with Crippen LogP contribution in [0.3, 0.4) is 0 Å². The Kier molecular flexibility index (Phi) is 5.39. The van der Waals surface area contributed by atoms with Gasteiger partial charge in [-0.2, -0.15) is 0 Å². The summed E-state index contributed by atoms with van der Waals surface area (Å²) < 4.78 is 13.1. The van der Waals surface area contributed by atoms with Crippen LogP contribution in [0, 0.1) is 5.92 Å². The van der Waals surface area contributed by atoms with Crippen LogP contribution in [0.15, 0.2) is 47.4 Å². The van der Waals surface area contributed by atoms with Crippen molar-refractivity contribution in [2.24, 2.45) is 5.92 Å². The van der Waals surface area contributed by atoms with Crippen LogP contribution in [-0.2, 0) is 17.8 Å². The first-order valence-electron chi connectivity index (χ1n) is 12.9. The molecule has 3 aliphatic rings. The van der Waals surface area contributed by atoms with Gasteiger partial charge in [-0.15, -0.1) is 0 Å². The van der Waals surface area contributed by atoms with Crippen LogP contribution in [-0.4, -0.2) is 55.7 Å². The summed E-state index contributed by atoms with van der Waals surface area (Å²) in [6.07, 6.45) is 6.02. The SMILES string of the molecule is C[C@H]1Cc2c(ncnc2Oc2ccc3c(ccn3C(=O)Nc3cc(C4CC4)on3)c2)CN1C(=O)C1CNC1. The van der Waals surface area contributed by atoms with E-state index in [2.05, 4.69) is 32.7 Å². The number of nitrogens with one attached hydrogen (secondary N) is 2. The molecule has 4 aromatic rings. The Balaban J connectivity index is 1.08. The van der Waals surface area contributed by atoms with Gasteiger partial charge in [0.15, 0.2) is 5.82 Å². The molecule has 38 heavy (non-hydrogen) atoms. The van der Waals surface area contributed by atoms with Crippen LogP contribution in [0.1, 0.15) is 42.7 Å². The lowest BCUT2D eigenvalue weighted by Crippen LogP contribution is -2.55. The first-order chi connectivity index (χ1) is 18.5. The molecule has 11 heteroatoms. The molecule has 0 unspecified atom stereocenters. The van der Waals surface area contributed by atoms with Crippen molar-refractivity contribution in [3.8, 4) is 11.6 Å². The van der Waals surface area contributed by atoms with E-state index in [-0.39, 0.29) is 23.9 Å². The van der Waals surface area contributed by atoms with E-state index >= 15 is 0 Å². The largest absolute Gasteiger partial charge is 0.439 e. The molecule has 2 aliphatic heterocycles. The summed E-state index contributed by atoms with van der Waals surface area (Å²) in [6, 6.07) is 8.89. The maximum absolute atomic E-state index is 12.9. The highest BCUT2D eigenvalue weighted by Crippen LogP contribution is 2.40. The third-order valence-corrected chi connectivity index (χ3v) is 7.60. The van der Waals surface area contributed by atoms with Crippen LogP contribution in [0.5, 0.6) is 11.6 Å². The summed E-state index contributed by atoms with van der Waals surface area (Å²) in [5.41, 5.74) is 2.47. The number of benzene rings is 1. The van der Waals surface area contributed by atoms with Gasteiger partial charge in [0.05, 0.1) is 23.7 Å². The number of fused-ring (bicyclic) bond motifs is 2. The van der Waals surface area contributed by atoms with E-state index in [1.807, 2.05) is 29.2 Å². The predicted molar refractivity (Wildman–Crippen MR) is 137 cm³/mol. The maximum atomic E-state index is 12.9. The van der Waals surface area contributed by atoms with Crippen molar-refractivity contribution in [3.63, 3.8) is 0 Å². The van der Waals surface area contributed by atoms with Crippen LogP contribution >= 0.6 is 0 Å². The Labute approximate surface area is 218 Å². The number of anilines is 1. The fraction of sp³-hybridized carbons (Fsp3) is 0.370. The summed E-state index contributed by atoms with van der Waals surface area (Å²) in [5.74, 6) is 2.97. The summed E-state index contributed by atoms with van der Waals surface area (Å²) >= 11 is 0. The minimum atomic E-state index is -0.319. The molecule has 0 bridgehead atoms. The highest BCUT2D eigenvalue weighted by atomic mass is 16.5. The molecule has 2 fully saturated rings. The quantitative estimate of drug-likeness (QED) is 0.414. The Morgan fingerprint density at radius 3 is 2.82 bits per heavy atom. The Morgan fingerprint density at radius 1 is 1.16 bits per heavy atom. The van der Waals surface area contributed by atoms with Gasteiger partial charge in [0.25, 0.3) is 0 Å². The standard InChI is InChI=1S/C27H27N7O4/c1-15-8-20-21(13-34(15)26(35)18-11-28-12-18)29-14-30-25(20)37-19-4-5-22-17(9-19)6-7-33(22)27(36)31-24-10-23(38-32-24)16-2-3-16/h4-7,9-10,14-16,18,28H,2-3,8,11-13H2,1H3,(H,31,32,36)/t15-/m0/s1. The zero-order valence-corrected chi connectivity index (χ0v) is 20.9. The van der Waals surface area contributed by atoms with E-state index in [9.17, 15) is 9.59 Å². The fourth-order valence-electron chi connectivity index (χ4n) is 5.13. The minimum absolute atomic E-state index is 0.0315. The Morgan fingerprint density at radius 2 is 2.03 bits per heavy atom. The molecule has 1 saturated carbocycles. The number of rotatable bonds is 5. The number of hydrogen-bond acceptors (Lipinski definition) is 8. The molecule has 1 saturated heterocycles. The van der Waals surface area contributed by atoms with E-state index in [0.717, 1.165) is 53.9 Å². The van der Waals surface area contributed by atoms with Gasteiger partial charge in [0.2, 0.25) is 11.8 Å². The van der Waals surface area contributed by atoms with Crippen LogP contribution in [0.4, 0.5) is 10.6 Å². The lowest BCUT2D eigenvalue weighted by atomic mass is 9.95. The van der Waals surface area contributed by atoms with Crippen molar-refractivity contribution in [2.45, 2.75) is 44.7 Å². The van der Waals surface area contributed by atoms with Crippen molar-refractivity contribution >= 4 is 28.7 Å². The van der Waals surface area contributed by atoms with Gasteiger partial charge in [-0.1, -0.05) is 5.16 Å². The van der Waals surface area contributed by atoms with Crippen molar-refractivity contribution in [1.29, 1.82) is 0 Å². The van der Waals surface area contributed by atoms with Crippen LogP contribution in [0.25, 0.3) is 10.9 Å². The molecule has 11 nitrogen and oxygen atoms in total. The first kappa shape index (κ1) is 22.9. The molecule has 2 amide bonds. The van der Waals surface area contributed by atoms with E-state index in [1.165, 1.54) is 10.9 Å². The normalized spacial score (nSPS) is 19.2. The summed E-state index contributed by atoms with van der Waals surface area (Å²) in [5, 5.41) is 10.8. The second-order valence-corrected chi connectivity index (χ2v) is 10.3. The topological polar surface area (TPSA) is 127 Å². The number of carbonyl (C=O) groups is 2. The van der Waals surface area contributed by atoms with Crippen molar-refractivity contribution < 1.29 is 18.8 Å². The van der Waals surface area contributed by atoms with Gasteiger partial charge in [0.1, 0.15) is 17.8 Å². The fourth-order valence-corrected chi connectivity index (χ4v) is 5.13. The predicted octanol–water partition coefficient (Wildman–Crippen LogP) is 3.66. The van der Waals surface area contributed by atoms with Gasteiger partial charge in [-0.25, -0.2) is 14.8 Å². The Bertz CT molecular complexity index is 1550. The molecule has 0 spiro atoms. The average molecular weight is 514 g/mol. The number of ether oxygens (including phenoxy) is 1. The lowest BCUT2D eigenvalue weighted by molar-refractivity contribution is -0.140. The van der Waals surface area contributed by atoms with Gasteiger partial charge in [-0.05, 0) is 50.5 Å². The molecule has 194 valence electrons. The Hall–Kier alpha value is -4.25. The third-order valence-electron chi connectivity index (χ3n) is 7.60. The van der Waals surface area contributed by atoms with Crippen molar-refractivity contribution in [3.05, 3.63) is 59.9 Å². The van der Waals surface area contributed by atoms with Crippen molar-refractivity contribution in [1.82, 2.24) is 29.9 Å². The smallest absolute Gasteiger partial charge is 0.331 e. The first-order valence-corrected chi connectivity index (χ1v) is 12.9. The van der Waals surface area contributed by atoms with Crippen molar-refractivity contribution in [2.75, 3.05) is 18.4 Å². The van der Waals surface area contributed by atoms with Gasteiger partial charge < -0.3 is 19.5 Å². The molecule has 1 aliphatic carbocycles. The van der Waals surface area contributed by atoms with Gasteiger partial charge in [-0.3, -0.25) is 14.7 Å². The minimum Gasteiger partial charge on any atom is -0.439 e. The van der Waals surface area contributed by atoms with E-state index in [4.69, 9.17) is 9.26 Å². The number of carbonyl (C=O) groups excluding carboxylic acids is 2. The van der Waals surface area contributed by atoms with Crippen LogP contribution < -0.4 is 15.4 Å². The number of aromatic nitrogens is 4. The zero-order chi connectivity index (χ0) is 25.8. The second-order valence-electron chi connectivity index (χ2n) is 10.3. The van der Waals surface area contributed by atoms with E-state index in [0.29, 0.717) is 36.3 Å². The summed E-state index contributed by atoms with van der Waals surface area (Å²) in [7, 11) is 0. The molecular weight excluding hydrogens is 486 g/mol. The molecule has 7 rings (SSSR count). The molecule has 1 atom stereocenters. The zero-order valence-electron chi connectivity index (χ0n) is 20.9. The summed E-state index contributed by atoms with van der Waals surface area (Å²) in [6.45, 7) is 3.98. The highest BCUT2D eigenvalue weighted by Gasteiger charge is 2.36. The lowest BCUT2D eigenvalue weighted by Gasteiger charge is -2.39. The molecule has 2 N–H and O–H groups in total. The second kappa shape index (κ2) is 8.95. The van der Waals surface area contributed by atoms with Gasteiger partial charge >= 0.3 is 6.03 Å². The summed E-state index contributed by atoms with van der Waals surface area (Å²) in [4.78, 5) is 36.5. The molecular formula is C27H27N7O4. The number of amides is 2. The van der Waals surface area contributed by atoms with E-state index in [1.54, 1.807) is 12.3 Å². The van der Waals surface area contributed by atoms with Gasteiger partial charge in [0, 0.05) is 48.3 Å². The molecule has 1 aromatic carbocycles. The molecule has 3 aromatic heterocycles. The number of nitrogens with zero attached hydrogens (tertiary/aromatic N) is 5. The van der Waals surface area contributed by atoms with Crippen LogP contribution in [0.2, 0.25) is 0 Å². The average Bonchev–Trinajstić information content (AvgIpc) is 3.47. The highest BCUT2D eigenvalue weighted by molar-refractivity contribution is 5.98.